The summed E-state index contributed by atoms with van der Waals surface area (Å²) in [5, 5.41) is 3.48. The number of halogens is 1. The van der Waals surface area contributed by atoms with Crippen LogP contribution in [0.15, 0.2) is 53.0 Å². The van der Waals surface area contributed by atoms with Crippen LogP contribution in [0, 0.1) is 0 Å². The van der Waals surface area contributed by atoms with Crippen molar-refractivity contribution in [3.8, 4) is 0 Å². The Labute approximate surface area is 135 Å². The van der Waals surface area contributed by atoms with Crippen LogP contribution in [0.3, 0.4) is 0 Å². The molecule has 0 atom stereocenters. The minimum Gasteiger partial charge on any atom is -0.381 e. The Hall–Kier alpha value is -1.32. The van der Waals surface area contributed by atoms with Crippen molar-refractivity contribution in [3.05, 3.63) is 64.1 Å². The highest BCUT2D eigenvalue weighted by atomic mass is 79.9. The molecule has 1 heterocycles. The van der Waals surface area contributed by atoms with E-state index in [1.807, 2.05) is 6.07 Å². The van der Waals surface area contributed by atoms with Crippen molar-refractivity contribution in [2.45, 2.75) is 25.9 Å². The number of rotatable bonds is 5. The predicted octanol–water partition coefficient (Wildman–Crippen LogP) is 4.66. The van der Waals surface area contributed by atoms with Gasteiger partial charge < -0.3 is 5.32 Å². The largest absolute Gasteiger partial charge is 0.381 e. The average Bonchev–Trinajstić information content (AvgIpc) is 3.01. The van der Waals surface area contributed by atoms with Crippen LogP contribution in [0.4, 0.5) is 5.69 Å². The van der Waals surface area contributed by atoms with Crippen LogP contribution in [-0.2, 0) is 13.1 Å². The van der Waals surface area contributed by atoms with Gasteiger partial charge in [0.25, 0.3) is 0 Å². The summed E-state index contributed by atoms with van der Waals surface area (Å²) in [7, 11) is 0. The Morgan fingerprint density at radius 1 is 0.952 bits per heavy atom. The molecule has 0 bridgehead atoms. The maximum atomic E-state index is 3.58. The van der Waals surface area contributed by atoms with Gasteiger partial charge in [0, 0.05) is 23.2 Å². The smallest absolute Gasteiger partial charge is 0.0411 e. The van der Waals surface area contributed by atoms with Gasteiger partial charge in [-0.15, -0.1) is 0 Å². The molecule has 0 spiro atoms. The van der Waals surface area contributed by atoms with E-state index in [0.717, 1.165) is 17.6 Å². The molecule has 1 saturated heterocycles. The lowest BCUT2D eigenvalue weighted by molar-refractivity contribution is 0.331. The molecule has 2 aromatic rings. The zero-order valence-corrected chi connectivity index (χ0v) is 13.8. The Balaban J connectivity index is 1.55. The van der Waals surface area contributed by atoms with E-state index < -0.39 is 0 Å². The van der Waals surface area contributed by atoms with Crippen LogP contribution in [-0.4, -0.2) is 18.0 Å². The van der Waals surface area contributed by atoms with E-state index in [1.54, 1.807) is 0 Å². The molecular weight excluding hydrogens is 324 g/mol. The van der Waals surface area contributed by atoms with Crippen molar-refractivity contribution in [2.24, 2.45) is 0 Å². The molecule has 1 aliphatic heterocycles. The van der Waals surface area contributed by atoms with Crippen molar-refractivity contribution >= 4 is 21.6 Å². The molecule has 110 valence electrons. The van der Waals surface area contributed by atoms with E-state index in [0.29, 0.717) is 0 Å². The average molecular weight is 345 g/mol. The molecule has 1 fully saturated rings. The quantitative estimate of drug-likeness (QED) is 0.848. The number of hydrogen-bond donors (Lipinski definition) is 1. The van der Waals surface area contributed by atoms with Gasteiger partial charge in [0.2, 0.25) is 0 Å². The number of benzene rings is 2. The van der Waals surface area contributed by atoms with Gasteiger partial charge in [-0.1, -0.05) is 46.3 Å². The summed E-state index contributed by atoms with van der Waals surface area (Å²) >= 11 is 3.58. The minimum atomic E-state index is 0.840. The third-order valence-corrected chi connectivity index (χ3v) is 4.77. The zero-order valence-electron chi connectivity index (χ0n) is 12.2. The summed E-state index contributed by atoms with van der Waals surface area (Å²) in [4.78, 5) is 2.53. The fourth-order valence-electron chi connectivity index (χ4n) is 2.77. The van der Waals surface area contributed by atoms with E-state index in [1.165, 1.54) is 42.7 Å². The molecule has 3 rings (SSSR count). The predicted molar refractivity (Wildman–Crippen MR) is 92.4 cm³/mol. The second-order valence-corrected chi connectivity index (χ2v) is 6.48. The van der Waals surface area contributed by atoms with Crippen LogP contribution >= 0.6 is 15.9 Å². The van der Waals surface area contributed by atoms with Crippen molar-refractivity contribution < 1.29 is 0 Å². The van der Waals surface area contributed by atoms with E-state index >= 15 is 0 Å². The van der Waals surface area contributed by atoms with Crippen molar-refractivity contribution in [1.29, 1.82) is 0 Å². The third-order valence-electron chi connectivity index (χ3n) is 4.00. The number of nitrogens with zero attached hydrogens (tertiary/aromatic N) is 1. The molecule has 2 aromatic carbocycles. The highest BCUT2D eigenvalue weighted by molar-refractivity contribution is 9.10. The summed E-state index contributed by atoms with van der Waals surface area (Å²) in [6, 6.07) is 17.2. The van der Waals surface area contributed by atoms with Crippen molar-refractivity contribution in [1.82, 2.24) is 4.90 Å². The first-order valence-corrected chi connectivity index (χ1v) is 8.39. The maximum absolute atomic E-state index is 3.58. The van der Waals surface area contributed by atoms with Crippen LogP contribution < -0.4 is 5.32 Å². The standard InChI is InChI=1S/C18H21BrN2/c19-18-6-2-1-5-16(18)13-20-17-9-7-15(8-10-17)14-21-11-3-4-12-21/h1-2,5-10,20H,3-4,11-14H2. The monoisotopic (exact) mass is 344 g/mol. The number of likely N-dealkylation sites (tertiary alicyclic amines) is 1. The first-order valence-electron chi connectivity index (χ1n) is 7.60. The Kier molecular flexibility index (Phi) is 4.94. The molecule has 3 heteroatoms. The highest BCUT2D eigenvalue weighted by Crippen LogP contribution is 2.19. The zero-order chi connectivity index (χ0) is 14.5. The summed E-state index contributed by atoms with van der Waals surface area (Å²) in [6.45, 7) is 4.43. The molecular formula is C18H21BrN2. The minimum absolute atomic E-state index is 0.840. The van der Waals surface area contributed by atoms with Gasteiger partial charge in [-0.3, -0.25) is 4.90 Å². The van der Waals surface area contributed by atoms with E-state index in [-0.39, 0.29) is 0 Å². The van der Waals surface area contributed by atoms with Gasteiger partial charge in [0.05, 0.1) is 0 Å². The second-order valence-electron chi connectivity index (χ2n) is 5.63. The summed E-state index contributed by atoms with van der Waals surface area (Å²) in [5.74, 6) is 0. The molecule has 1 aliphatic rings. The number of nitrogens with one attached hydrogen (secondary N) is 1. The van der Waals surface area contributed by atoms with Gasteiger partial charge in [-0.05, 0) is 55.3 Å². The molecule has 0 amide bonds. The number of hydrogen-bond acceptors (Lipinski definition) is 2. The normalized spacial score (nSPS) is 15.3. The number of anilines is 1. The van der Waals surface area contributed by atoms with Crippen LogP contribution in [0.25, 0.3) is 0 Å². The summed E-state index contributed by atoms with van der Waals surface area (Å²) in [6.07, 6.45) is 2.71. The lowest BCUT2D eigenvalue weighted by Gasteiger charge is -2.15. The highest BCUT2D eigenvalue weighted by Gasteiger charge is 2.11. The van der Waals surface area contributed by atoms with Gasteiger partial charge in [0.1, 0.15) is 0 Å². The Morgan fingerprint density at radius 2 is 1.67 bits per heavy atom. The van der Waals surface area contributed by atoms with Gasteiger partial charge in [-0.2, -0.15) is 0 Å². The van der Waals surface area contributed by atoms with Crippen molar-refractivity contribution in [3.63, 3.8) is 0 Å². The fourth-order valence-corrected chi connectivity index (χ4v) is 3.19. The van der Waals surface area contributed by atoms with Crippen LogP contribution in [0.1, 0.15) is 24.0 Å². The molecule has 1 N–H and O–H groups in total. The van der Waals surface area contributed by atoms with Crippen LogP contribution in [0.5, 0.6) is 0 Å². The molecule has 0 radical (unpaired) electrons. The van der Waals surface area contributed by atoms with Crippen molar-refractivity contribution in [2.75, 3.05) is 18.4 Å². The van der Waals surface area contributed by atoms with Gasteiger partial charge in [0.15, 0.2) is 0 Å². The topological polar surface area (TPSA) is 15.3 Å². The Morgan fingerprint density at radius 3 is 2.38 bits per heavy atom. The molecule has 0 saturated carbocycles. The lowest BCUT2D eigenvalue weighted by Crippen LogP contribution is -2.18. The SMILES string of the molecule is Brc1ccccc1CNc1ccc(CN2CCCC2)cc1. The molecule has 0 aliphatic carbocycles. The van der Waals surface area contributed by atoms with Crippen LogP contribution in [0.2, 0.25) is 0 Å². The molecule has 0 unspecified atom stereocenters. The van der Waals surface area contributed by atoms with E-state index in [4.69, 9.17) is 0 Å². The fraction of sp³-hybridized carbons (Fsp3) is 0.333. The third kappa shape index (κ3) is 4.08. The maximum Gasteiger partial charge on any atom is 0.0411 e. The molecule has 0 aromatic heterocycles. The van der Waals surface area contributed by atoms with E-state index in [9.17, 15) is 0 Å². The van der Waals surface area contributed by atoms with E-state index in [2.05, 4.69) is 68.6 Å². The first-order chi connectivity index (χ1) is 10.3. The summed E-state index contributed by atoms with van der Waals surface area (Å²) < 4.78 is 1.16. The second kappa shape index (κ2) is 7.10. The Bertz CT molecular complexity index is 574. The molecule has 2 nitrogen and oxygen atoms in total. The molecule has 21 heavy (non-hydrogen) atoms. The van der Waals surface area contributed by atoms with Gasteiger partial charge in [-0.25, -0.2) is 0 Å². The first kappa shape index (κ1) is 14.6. The summed E-state index contributed by atoms with van der Waals surface area (Å²) in [5.41, 5.74) is 3.86. The van der Waals surface area contributed by atoms with Gasteiger partial charge >= 0.3 is 0 Å². The lowest BCUT2D eigenvalue weighted by atomic mass is 10.2.